The highest BCUT2D eigenvalue weighted by Crippen LogP contribution is 2.34. The Kier molecular flexibility index (Phi) is 5.26. The Morgan fingerprint density at radius 1 is 0.630 bits per heavy atom. The van der Waals surface area contributed by atoms with Crippen LogP contribution in [0.3, 0.4) is 0 Å². The van der Waals surface area contributed by atoms with Crippen LogP contribution >= 0.6 is 0 Å². The van der Waals surface area contributed by atoms with E-state index in [9.17, 15) is 0 Å². The van der Waals surface area contributed by atoms with Crippen molar-refractivity contribution >= 4 is 11.6 Å². The van der Waals surface area contributed by atoms with Gasteiger partial charge in [0.05, 0.1) is 0 Å². The van der Waals surface area contributed by atoms with Gasteiger partial charge in [-0.15, -0.1) is 0 Å². The molecule has 1 aliphatic carbocycles. The molecule has 27 heavy (non-hydrogen) atoms. The van der Waals surface area contributed by atoms with Crippen molar-refractivity contribution in [1.82, 2.24) is 0 Å². The fourth-order valence-corrected chi connectivity index (χ4v) is 3.46. The average Bonchev–Trinajstić information content (AvgIpc) is 2.76. The first-order valence-corrected chi connectivity index (χ1v) is 9.35. The zero-order valence-electron chi connectivity index (χ0n) is 15.2. The molecule has 0 heteroatoms. The molecule has 0 saturated carbocycles. The molecule has 1 aliphatic rings. The van der Waals surface area contributed by atoms with Gasteiger partial charge < -0.3 is 0 Å². The predicted octanol–water partition coefficient (Wildman–Crippen LogP) is 6.94. The van der Waals surface area contributed by atoms with Crippen LogP contribution in [0.2, 0.25) is 0 Å². The Labute approximate surface area is 161 Å². The number of hydrogen-bond donors (Lipinski definition) is 0. The molecular formula is C27H22. The van der Waals surface area contributed by atoms with E-state index in [1.54, 1.807) is 0 Å². The molecule has 4 rings (SSSR count). The van der Waals surface area contributed by atoms with Crippen molar-refractivity contribution in [3.8, 4) is 0 Å². The highest BCUT2D eigenvalue weighted by atomic mass is 14.2. The molecule has 0 nitrogen and oxygen atoms in total. The third kappa shape index (κ3) is 4.07. The van der Waals surface area contributed by atoms with Gasteiger partial charge in [0.1, 0.15) is 0 Å². The van der Waals surface area contributed by atoms with E-state index >= 15 is 0 Å². The van der Waals surface area contributed by atoms with E-state index in [2.05, 4.69) is 127 Å². The highest BCUT2D eigenvalue weighted by Gasteiger charge is 2.16. The number of allylic oxidation sites excluding steroid dienone is 6. The standard InChI is InChI=1S/C27H22/c1-4-12-22(13-5-1)20-21-23-14-10-11-19-26(23)27(24-15-6-2-7-16-24)25-17-8-3-9-18-25/h1-21,23H. The molecule has 3 aromatic carbocycles. The van der Waals surface area contributed by atoms with Crippen molar-refractivity contribution < 1.29 is 0 Å². The van der Waals surface area contributed by atoms with E-state index in [-0.39, 0.29) is 5.92 Å². The van der Waals surface area contributed by atoms with Crippen molar-refractivity contribution in [2.24, 2.45) is 5.92 Å². The first-order valence-electron chi connectivity index (χ1n) is 9.35. The molecule has 0 aromatic heterocycles. The SMILES string of the molecule is C1=CC(=C(c2ccccc2)c2ccccc2)C(C=Cc2ccccc2)C=C1. The van der Waals surface area contributed by atoms with E-state index < -0.39 is 0 Å². The molecule has 3 aromatic rings. The van der Waals surface area contributed by atoms with Gasteiger partial charge in [0, 0.05) is 5.92 Å². The maximum Gasteiger partial charge on any atom is 0.0211 e. The first-order chi connectivity index (χ1) is 13.4. The van der Waals surface area contributed by atoms with E-state index in [4.69, 9.17) is 0 Å². The Morgan fingerprint density at radius 2 is 1.19 bits per heavy atom. The molecule has 1 unspecified atom stereocenters. The summed E-state index contributed by atoms with van der Waals surface area (Å²) in [4.78, 5) is 0. The van der Waals surface area contributed by atoms with Crippen LogP contribution in [0.15, 0.2) is 127 Å². The van der Waals surface area contributed by atoms with Crippen LogP contribution < -0.4 is 0 Å². The summed E-state index contributed by atoms with van der Waals surface area (Å²) in [5, 5.41) is 0. The molecule has 0 spiro atoms. The minimum absolute atomic E-state index is 0.241. The third-order valence-corrected chi connectivity index (χ3v) is 4.77. The molecule has 0 bridgehead atoms. The van der Waals surface area contributed by atoms with Crippen LogP contribution in [0.1, 0.15) is 16.7 Å². The van der Waals surface area contributed by atoms with Gasteiger partial charge in [-0.05, 0) is 27.8 Å². The molecule has 0 amide bonds. The van der Waals surface area contributed by atoms with Crippen LogP contribution in [0, 0.1) is 5.92 Å². The predicted molar refractivity (Wildman–Crippen MR) is 116 cm³/mol. The monoisotopic (exact) mass is 346 g/mol. The van der Waals surface area contributed by atoms with Crippen molar-refractivity contribution in [3.63, 3.8) is 0 Å². The molecule has 0 fully saturated rings. The van der Waals surface area contributed by atoms with Crippen LogP contribution in [0.25, 0.3) is 11.6 Å². The largest absolute Gasteiger partial charge is 0.0732 e. The maximum absolute atomic E-state index is 2.29. The summed E-state index contributed by atoms with van der Waals surface area (Å²) in [6, 6.07) is 31.8. The van der Waals surface area contributed by atoms with Gasteiger partial charge in [-0.25, -0.2) is 0 Å². The smallest absolute Gasteiger partial charge is 0.0211 e. The molecule has 0 N–H and O–H groups in total. The Bertz CT molecular complexity index is 946. The van der Waals surface area contributed by atoms with Crippen molar-refractivity contribution in [1.29, 1.82) is 0 Å². The van der Waals surface area contributed by atoms with Crippen molar-refractivity contribution in [3.05, 3.63) is 144 Å². The summed E-state index contributed by atoms with van der Waals surface area (Å²) in [5.41, 5.74) is 6.33. The third-order valence-electron chi connectivity index (χ3n) is 4.77. The summed E-state index contributed by atoms with van der Waals surface area (Å²) < 4.78 is 0. The van der Waals surface area contributed by atoms with Gasteiger partial charge in [0.15, 0.2) is 0 Å². The minimum atomic E-state index is 0.241. The molecule has 0 heterocycles. The summed E-state index contributed by atoms with van der Waals surface area (Å²) >= 11 is 0. The molecule has 0 aliphatic heterocycles. The lowest BCUT2D eigenvalue weighted by Crippen LogP contribution is -2.03. The van der Waals surface area contributed by atoms with Gasteiger partial charge in [0.25, 0.3) is 0 Å². The Hall–Kier alpha value is -3.38. The lowest BCUT2D eigenvalue weighted by atomic mass is 9.84. The lowest BCUT2D eigenvalue weighted by Gasteiger charge is -2.20. The molecule has 0 radical (unpaired) electrons. The van der Waals surface area contributed by atoms with E-state index in [1.165, 1.54) is 27.8 Å². The highest BCUT2D eigenvalue weighted by molar-refractivity contribution is 5.85. The van der Waals surface area contributed by atoms with Gasteiger partial charge in [-0.3, -0.25) is 0 Å². The van der Waals surface area contributed by atoms with E-state index in [1.807, 2.05) is 0 Å². The Morgan fingerprint density at radius 3 is 1.78 bits per heavy atom. The maximum atomic E-state index is 2.29. The second-order valence-electron chi connectivity index (χ2n) is 6.60. The minimum Gasteiger partial charge on any atom is -0.0732 e. The second-order valence-corrected chi connectivity index (χ2v) is 6.60. The first kappa shape index (κ1) is 17.1. The normalized spacial score (nSPS) is 16.0. The fourth-order valence-electron chi connectivity index (χ4n) is 3.46. The van der Waals surface area contributed by atoms with Crippen LogP contribution in [0.4, 0.5) is 0 Å². The van der Waals surface area contributed by atoms with Crippen LogP contribution in [0.5, 0.6) is 0 Å². The molecule has 130 valence electrons. The van der Waals surface area contributed by atoms with Gasteiger partial charge in [-0.2, -0.15) is 0 Å². The van der Waals surface area contributed by atoms with Gasteiger partial charge in [-0.1, -0.05) is 127 Å². The number of benzene rings is 3. The van der Waals surface area contributed by atoms with Crippen LogP contribution in [-0.4, -0.2) is 0 Å². The van der Waals surface area contributed by atoms with E-state index in [0.717, 1.165) is 0 Å². The quantitative estimate of drug-likeness (QED) is 0.480. The van der Waals surface area contributed by atoms with Crippen LogP contribution in [-0.2, 0) is 0 Å². The van der Waals surface area contributed by atoms with Crippen molar-refractivity contribution in [2.45, 2.75) is 0 Å². The summed E-state index contributed by atoms with van der Waals surface area (Å²) in [5.74, 6) is 0.241. The number of rotatable bonds is 4. The van der Waals surface area contributed by atoms with E-state index in [0.29, 0.717) is 0 Å². The summed E-state index contributed by atoms with van der Waals surface area (Å²) in [6.07, 6.45) is 13.3. The zero-order chi connectivity index (χ0) is 18.3. The van der Waals surface area contributed by atoms with Gasteiger partial charge in [0.2, 0.25) is 0 Å². The summed E-state index contributed by atoms with van der Waals surface area (Å²) in [6.45, 7) is 0. The lowest BCUT2D eigenvalue weighted by molar-refractivity contribution is 1.00. The number of hydrogen-bond acceptors (Lipinski definition) is 0. The second kappa shape index (κ2) is 8.33. The Balaban J connectivity index is 1.82. The molecular weight excluding hydrogens is 324 g/mol. The average molecular weight is 346 g/mol. The van der Waals surface area contributed by atoms with Gasteiger partial charge >= 0.3 is 0 Å². The molecule has 0 saturated heterocycles. The summed E-state index contributed by atoms with van der Waals surface area (Å²) in [7, 11) is 0. The fraction of sp³-hybridized carbons (Fsp3) is 0.0370. The van der Waals surface area contributed by atoms with Crippen molar-refractivity contribution in [2.75, 3.05) is 0 Å². The molecule has 1 atom stereocenters. The topological polar surface area (TPSA) is 0 Å². The zero-order valence-corrected chi connectivity index (χ0v) is 15.2.